The van der Waals surface area contributed by atoms with Gasteiger partial charge >= 0.3 is 0 Å². The summed E-state index contributed by atoms with van der Waals surface area (Å²) in [6, 6.07) is 11.8. The monoisotopic (exact) mass is 412 g/mol. The highest BCUT2D eigenvalue weighted by atomic mass is 35.5. The summed E-state index contributed by atoms with van der Waals surface area (Å²) in [5.74, 6) is 0.0303. The lowest BCUT2D eigenvalue weighted by molar-refractivity contribution is -0.117. The standard InChI is InChI=1S/C22H25ClN4O2/c1-15-12-18(4-5-19(15)23)27-10-8-26(9-11-27)14-22(29)24-17-3-6-20-16(13-17)2-7-21(28)25-20/h3-6,12-13H,2,7-11,14H2,1H3,(H,24,29)(H,25,28). The van der Waals surface area contributed by atoms with Gasteiger partial charge in [-0.1, -0.05) is 11.6 Å². The second kappa shape index (κ2) is 8.43. The Balaban J connectivity index is 1.29. The van der Waals surface area contributed by atoms with Crippen LogP contribution in [0.1, 0.15) is 17.5 Å². The fourth-order valence-corrected chi connectivity index (χ4v) is 3.97. The molecular formula is C22H25ClN4O2. The maximum Gasteiger partial charge on any atom is 0.238 e. The van der Waals surface area contributed by atoms with Crippen molar-refractivity contribution in [2.24, 2.45) is 0 Å². The number of piperazine rings is 1. The summed E-state index contributed by atoms with van der Waals surface area (Å²) in [6.45, 7) is 5.83. The number of carbonyl (C=O) groups excluding carboxylic acids is 2. The Labute approximate surface area is 175 Å². The Hall–Kier alpha value is -2.57. The smallest absolute Gasteiger partial charge is 0.238 e. The van der Waals surface area contributed by atoms with Gasteiger partial charge in [0.25, 0.3) is 0 Å². The first-order chi connectivity index (χ1) is 14.0. The molecule has 2 N–H and O–H groups in total. The summed E-state index contributed by atoms with van der Waals surface area (Å²) in [4.78, 5) is 28.4. The molecule has 152 valence electrons. The largest absolute Gasteiger partial charge is 0.369 e. The SMILES string of the molecule is Cc1cc(N2CCN(CC(=O)Nc3ccc4c(c3)CCC(=O)N4)CC2)ccc1Cl. The van der Waals surface area contributed by atoms with Crippen LogP contribution in [0.3, 0.4) is 0 Å². The number of aryl methyl sites for hydroxylation is 2. The van der Waals surface area contributed by atoms with Crippen molar-refractivity contribution in [1.29, 1.82) is 0 Å². The Morgan fingerprint density at radius 3 is 2.66 bits per heavy atom. The van der Waals surface area contributed by atoms with Crippen LogP contribution in [0.5, 0.6) is 0 Å². The minimum atomic E-state index is -0.0133. The van der Waals surface area contributed by atoms with Crippen molar-refractivity contribution in [3.8, 4) is 0 Å². The molecule has 0 atom stereocenters. The van der Waals surface area contributed by atoms with Gasteiger partial charge in [0.1, 0.15) is 0 Å². The second-order valence-electron chi connectivity index (χ2n) is 7.66. The van der Waals surface area contributed by atoms with E-state index in [1.165, 1.54) is 5.69 Å². The van der Waals surface area contributed by atoms with Crippen LogP contribution in [-0.2, 0) is 16.0 Å². The molecule has 2 aliphatic rings. The van der Waals surface area contributed by atoms with Gasteiger partial charge in [0.05, 0.1) is 6.54 Å². The molecule has 0 aliphatic carbocycles. The number of rotatable bonds is 4. The normalized spacial score (nSPS) is 16.9. The van der Waals surface area contributed by atoms with Gasteiger partial charge in [0.2, 0.25) is 11.8 Å². The van der Waals surface area contributed by atoms with E-state index in [2.05, 4.69) is 32.6 Å². The molecule has 2 heterocycles. The van der Waals surface area contributed by atoms with Crippen molar-refractivity contribution in [2.45, 2.75) is 19.8 Å². The van der Waals surface area contributed by atoms with Crippen LogP contribution in [0.4, 0.5) is 17.1 Å². The molecule has 2 aromatic rings. The molecule has 2 amide bonds. The average molecular weight is 413 g/mol. The first-order valence-electron chi connectivity index (χ1n) is 9.94. The molecule has 2 aromatic carbocycles. The van der Waals surface area contributed by atoms with Gasteiger partial charge in [-0.05, 0) is 60.9 Å². The lowest BCUT2D eigenvalue weighted by Gasteiger charge is -2.36. The number of benzene rings is 2. The molecule has 6 nitrogen and oxygen atoms in total. The first kappa shape index (κ1) is 19.7. The third-order valence-electron chi connectivity index (χ3n) is 5.53. The molecule has 2 aliphatic heterocycles. The minimum Gasteiger partial charge on any atom is -0.369 e. The zero-order chi connectivity index (χ0) is 20.4. The van der Waals surface area contributed by atoms with Gasteiger partial charge in [0.15, 0.2) is 0 Å². The van der Waals surface area contributed by atoms with Gasteiger partial charge in [-0.25, -0.2) is 0 Å². The molecule has 0 bridgehead atoms. The Kier molecular flexibility index (Phi) is 5.74. The zero-order valence-corrected chi connectivity index (χ0v) is 17.3. The Bertz CT molecular complexity index is 938. The molecule has 0 unspecified atom stereocenters. The number of amides is 2. The second-order valence-corrected chi connectivity index (χ2v) is 8.07. The van der Waals surface area contributed by atoms with Crippen molar-refractivity contribution in [2.75, 3.05) is 48.3 Å². The third kappa shape index (κ3) is 4.71. The fourth-order valence-electron chi connectivity index (χ4n) is 3.85. The predicted octanol–water partition coefficient (Wildman–Crippen LogP) is 3.29. The number of hydrogen-bond donors (Lipinski definition) is 2. The van der Waals surface area contributed by atoms with E-state index in [0.29, 0.717) is 19.4 Å². The van der Waals surface area contributed by atoms with Crippen LogP contribution in [0.15, 0.2) is 36.4 Å². The summed E-state index contributed by atoms with van der Waals surface area (Å²) in [5.41, 5.74) is 4.94. The fraction of sp³-hybridized carbons (Fsp3) is 0.364. The van der Waals surface area contributed by atoms with E-state index in [9.17, 15) is 9.59 Å². The van der Waals surface area contributed by atoms with Gasteiger partial charge in [-0.3, -0.25) is 14.5 Å². The van der Waals surface area contributed by atoms with Gasteiger partial charge in [-0.2, -0.15) is 0 Å². The summed E-state index contributed by atoms with van der Waals surface area (Å²) >= 11 is 6.12. The molecule has 1 fully saturated rings. The molecule has 1 saturated heterocycles. The third-order valence-corrected chi connectivity index (χ3v) is 5.95. The van der Waals surface area contributed by atoms with Crippen LogP contribution in [-0.4, -0.2) is 49.4 Å². The number of hydrogen-bond acceptors (Lipinski definition) is 4. The molecule has 0 aromatic heterocycles. The number of fused-ring (bicyclic) bond motifs is 1. The van der Waals surface area contributed by atoms with E-state index in [-0.39, 0.29) is 11.8 Å². The molecular weight excluding hydrogens is 388 g/mol. The van der Waals surface area contributed by atoms with Gasteiger partial charge in [0, 0.05) is 54.7 Å². The first-order valence-corrected chi connectivity index (χ1v) is 10.3. The van der Waals surface area contributed by atoms with Crippen LogP contribution in [0.2, 0.25) is 5.02 Å². The molecule has 7 heteroatoms. The van der Waals surface area contributed by atoms with E-state index < -0.39 is 0 Å². The van der Waals surface area contributed by atoms with E-state index in [1.807, 2.05) is 31.2 Å². The quantitative estimate of drug-likeness (QED) is 0.808. The number of nitrogens with zero attached hydrogens (tertiary/aromatic N) is 2. The number of halogens is 1. The molecule has 0 spiro atoms. The van der Waals surface area contributed by atoms with E-state index in [4.69, 9.17) is 11.6 Å². The summed E-state index contributed by atoms with van der Waals surface area (Å²) in [7, 11) is 0. The van der Waals surface area contributed by atoms with E-state index in [1.54, 1.807) is 0 Å². The van der Waals surface area contributed by atoms with Crippen LogP contribution < -0.4 is 15.5 Å². The predicted molar refractivity (Wildman–Crippen MR) is 117 cm³/mol. The topological polar surface area (TPSA) is 64.7 Å². The van der Waals surface area contributed by atoms with Crippen LogP contribution >= 0.6 is 11.6 Å². The van der Waals surface area contributed by atoms with Crippen molar-refractivity contribution >= 4 is 40.5 Å². The summed E-state index contributed by atoms with van der Waals surface area (Å²) in [6.07, 6.45) is 1.19. The van der Waals surface area contributed by atoms with Crippen molar-refractivity contribution < 1.29 is 9.59 Å². The van der Waals surface area contributed by atoms with Gasteiger partial charge < -0.3 is 15.5 Å². The van der Waals surface area contributed by atoms with Crippen molar-refractivity contribution in [3.63, 3.8) is 0 Å². The lowest BCUT2D eigenvalue weighted by Crippen LogP contribution is -2.48. The lowest BCUT2D eigenvalue weighted by atomic mass is 10.0. The highest BCUT2D eigenvalue weighted by Gasteiger charge is 2.20. The van der Waals surface area contributed by atoms with Crippen LogP contribution in [0, 0.1) is 6.92 Å². The zero-order valence-electron chi connectivity index (χ0n) is 16.5. The Morgan fingerprint density at radius 1 is 1.10 bits per heavy atom. The maximum absolute atomic E-state index is 12.5. The average Bonchev–Trinajstić information content (AvgIpc) is 2.71. The number of anilines is 3. The maximum atomic E-state index is 12.5. The minimum absolute atomic E-state index is 0.0133. The molecule has 4 rings (SSSR count). The number of nitrogens with one attached hydrogen (secondary N) is 2. The highest BCUT2D eigenvalue weighted by Crippen LogP contribution is 2.26. The summed E-state index contributed by atoms with van der Waals surface area (Å²) in [5, 5.41) is 6.63. The molecule has 0 saturated carbocycles. The Morgan fingerprint density at radius 2 is 1.90 bits per heavy atom. The number of carbonyl (C=O) groups is 2. The van der Waals surface area contributed by atoms with E-state index >= 15 is 0 Å². The van der Waals surface area contributed by atoms with Crippen molar-refractivity contribution in [3.05, 3.63) is 52.5 Å². The summed E-state index contributed by atoms with van der Waals surface area (Å²) < 4.78 is 0. The van der Waals surface area contributed by atoms with Crippen LogP contribution in [0.25, 0.3) is 0 Å². The molecule has 29 heavy (non-hydrogen) atoms. The van der Waals surface area contributed by atoms with E-state index in [0.717, 1.165) is 53.7 Å². The highest BCUT2D eigenvalue weighted by molar-refractivity contribution is 6.31. The van der Waals surface area contributed by atoms with Crippen molar-refractivity contribution in [1.82, 2.24) is 4.90 Å². The molecule has 0 radical (unpaired) electrons. The van der Waals surface area contributed by atoms with Gasteiger partial charge in [-0.15, -0.1) is 0 Å².